The van der Waals surface area contributed by atoms with Crippen LogP contribution in [0.2, 0.25) is 0 Å². The largest absolute Gasteiger partial charge is 0.493 e. The molecule has 0 aromatic heterocycles. The number of hydrogen-bond donors (Lipinski definition) is 0. The van der Waals surface area contributed by atoms with Gasteiger partial charge in [-0.1, -0.05) is 6.07 Å². The first-order valence-electron chi connectivity index (χ1n) is 8.74. The summed E-state index contributed by atoms with van der Waals surface area (Å²) in [4.78, 5) is 19.3. The smallest absolute Gasteiger partial charge is 0.286 e. The summed E-state index contributed by atoms with van der Waals surface area (Å²) in [7, 11) is 1.60. The number of amides is 1. The van der Waals surface area contributed by atoms with Gasteiger partial charge >= 0.3 is 0 Å². The number of methoxy groups -OCH3 is 1. The minimum atomic E-state index is -0.204. The van der Waals surface area contributed by atoms with Crippen LogP contribution in [0.15, 0.2) is 28.1 Å². The molecule has 0 saturated carbocycles. The molecule has 1 fully saturated rings. The van der Waals surface area contributed by atoms with Gasteiger partial charge in [-0.3, -0.25) is 4.79 Å². The number of hydrogen-bond acceptors (Lipinski definition) is 6. The van der Waals surface area contributed by atoms with Gasteiger partial charge < -0.3 is 19.1 Å². The first-order chi connectivity index (χ1) is 12.5. The van der Waals surface area contributed by atoms with E-state index in [1.165, 1.54) is 11.8 Å². The van der Waals surface area contributed by atoms with Crippen LogP contribution in [0, 0.1) is 0 Å². The Labute approximate surface area is 158 Å². The second kappa shape index (κ2) is 8.14. The van der Waals surface area contributed by atoms with Crippen molar-refractivity contribution in [2.45, 2.75) is 33.0 Å². The lowest BCUT2D eigenvalue weighted by Crippen LogP contribution is -2.47. The second-order valence-electron chi connectivity index (χ2n) is 6.32. The van der Waals surface area contributed by atoms with Gasteiger partial charge in [-0.2, -0.15) is 4.99 Å². The molecule has 2 aliphatic rings. The Hall–Kier alpha value is -1.99. The van der Waals surface area contributed by atoms with Crippen LogP contribution >= 0.6 is 11.8 Å². The van der Waals surface area contributed by atoms with E-state index >= 15 is 0 Å². The van der Waals surface area contributed by atoms with Crippen LogP contribution in [0.25, 0.3) is 6.08 Å². The molecule has 2 atom stereocenters. The molecule has 7 heteroatoms. The summed E-state index contributed by atoms with van der Waals surface area (Å²) in [6, 6.07) is 5.62. The van der Waals surface area contributed by atoms with Gasteiger partial charge in [0.1, 0.15) is 0 Å². The Morgan fingerprint density at radius 3 is 2.69 bits per heavy atom. The number of morpholine rings is 1. The Balaban J connectivity index is 1.76. The number of benzene rings is 1. The van der Waals surface area contributed by atoms with E-state index in [-0.39, 0.29) is 18.1 Å². The van der Waals surface area contributed by atoms with Crippen LogP contribution in [0.1, 0.15) is 26.3 Å². The van der Waals surface area contributed by atoms with E-state index in [4.69, 9.17) is 14.2 Å². The van der Waals surface area contributed by atoms with E-state index in [1.807, 2.05) is 45.0 Å². The number of amidine groups is 1. The molecule has 0 unspecified atom stereocenters. The van der Waals surface area contributed by atoms with Crippen molar-refractivity contribution >= 4 is 28.9 Å². The molecule has 0 spiro atoms. The van der Waals surface area contributed by atoms with Crippen LogP contribution in [0.5, 0.6) is 11.5 Å². The molecule has 140 valence electrons. The third-order valence-corrected chi connectivity index (χ3v) is 5.13. The molecule has 0 N–H and O–H groups in total. The maximum absolute atomic E-state index is 12.3. The highest BCUT2D eigenvalue weighted by molar-refractivity contribution is 8.18. The molecule has 1 saturated heterocycles. The average molecular weight is 376 g/mol. The molecule has 2 heterocycles. The molecule has 1 amide bonds. The van der Waals surface area contributed by atoms with E-state index in [2.05, 4.69) is 9.89 Å². The number of nitrogens with zero attached hydrogens (tertiary/aromatic N) is 2. The summed E-state index contributed by atoms with van der Waals surface area (Å²) < 4.78 is 16.7. The molecule has 1 aromatic carbocycles. The first-order valence-corrected chi connectivity index (χ1v) is 9.55. The highest BCUT2D eigenvalue weighted by atomic mass is 32.2. The summed E-state index contributed by atoms with van der Waals surface area (Å²) in [5, 5.41) is 0.751. The maximum atomic E-state index is 12.3. The fourth-order valence-corrected chi connectivity index (χ4v) is 4.00. The molecule has 3 rings (SSSR count). The lowest BCUT2D eigenvalue weighted by atomic mass is 10.2. The molecule has 6 nitrogen and oxygen atoms in total. The zero-order valence-corrected chi connectivity index (χ0v) is 16.3. The van der Waals surface area contributed by atoms with Crippen molar-refractivity contribution in [3.05, 3.63) is 28.7 Å². The highest BCUT2D eigenvalue weighted by Gasteiger charge is 2.31. The number of ether oxygens (including phenoxy) is 3. The Morgan fingerprint density at radius 2 is 2.04 bits per heavy atom. The van der Waals surface area contributed by atoms with Crippen molar-refractivity contribution in [1.29, 1.82) is 0 Å². The maximum Gasteiger partial charge on any atom is 0.286 e. The molecule has 0 bridgehead atoms. The van der Waals surface area contributed by atoms with Crippen LogP contribution in [0.4, 0.5) is 0 Å². The molecule has 2 aliphatic heterocycles. The standard InChI is InChI=1S/C19H24N2O4S/c1-5-24-15-7-6-14(8-16(15)23-4)9-17-18(22)20-19(26-17)21-10-12(2)25-13(3)11-21/h6-9,12-13H,5,10-11H2,1-4H3/b17-9-/t12-,13-/m1/s1. The van der Waals surface area contributed by atoms with Gasteiger partial charge in [0.2, 0.25) is 0 Å². The third-order valence-electron chi connectivity index (χ3n) is 4.08. The molecular formula is C19H24N2O4S. The van der Waals surface area contributed by atoms with Gasteiger partial charge in [0.05, 0.1) is 30.8 Å². The van der Waals surface area contributed by atoms with Crippen molar-refractivity contribution in [2.24, 2.45) is 4.99 Å². The Morgan fingerprint density at radius 1 is 1.31 bits per heavy atom. The SMILES string of the molecule is CCOc1ccc(/C=C2\SC(N3C[C@@H](C)O[C@H](C)C3)=NC2=O)cc1OC. The minimum Gasteiger partial charge on any atom is -0.493 e. The quantitative estimate of drug-likeness (QED) is 0.752. The molecule has 0 radical (unpaired) electrons. The van der Waals surface area contributed by atoms with Crippen LogP contribution in [-0.4, -0.2) is 55.0 Å². The summed E-state index contributed by atoms with van der Waals surface area (Å²) >= 11 is 1.41. The van der Waals surface area contributed by atoms with Crippen molar-refractivity contribution in [1.82, 2.24) is 4.90 Å². The van der Waals surface area contributed by atoms with E-state index < -0.39 is 0 Å². The van der Waals surface area contributed by atoms with Crippen LogP contribution < -0.4 is 9.47 Å². The Bertz CT molecular complexity index is 737. The topological polar surface area (TPSA) is 60.4 Å². The Kier molecular flexibility index (Phi) is 5.88. The third kappa shape index (κ3) is 4.22. The van der Waals surface area contributed by atoms with Crippen molar-refractivity contribution < 1.29 is 19.0 Å². The van der Waals surface area contributed by atoms with Crippen molar-refractivity contribution in [3.8, 4) is 11.5 Å². The van der Waals surface area contributed by atoms with Crippen LogP contribution in [0.3, 0.4) is 0 Å². The molecule has 1 aromatic rings. The number of carbonyl (C=O) groups is 1. The van der Waals surface area contributed by atoms with Crippen molar-refractivity contribution in [3.63, 3.8) is 0 Å². The van der Waals surface area contributed by atoms with Gasteiger partial charge in [-0.25, -0.2) is 0 Å². The predicted octanol–water partition coefficient (Wildman–Crippen LogP) is 3.17. The molecular weight excluding hydrogens is 352 g/mol. The van der Waals surface area contributed by atoms with E-state index in [0.29, 0.717) is 23.0 Å². The van der Waals surface area contributed by atoms with E-state index in [0.717, 1.165) is 23.8 Å². The van der Waals surface area contributed by atoms with Gasteiger partial charge in [0.25, 0.3) is 5.91 Å². The van der Waals surface area contributed by atoms with E-state index in [1.54, 1.807) is 7.11 Å². The number of aliphatic imine (C=N–C) groups is 1. The predicted molar refractivity (Wildman–Crippen MR) is 104 cm³/mol. The number of rotatable bonds is 4. The summed E-state index contributed by atoms with van der Waals surface area (Å²) in [6.45, 7) is 8.05. The zero-order chi connectivity index (χ0) is 18.7. The van der Waals surface area contributed by atoms with E-state index in [9.17, 15) is 4.79 Å². The van der Waals surface area contributed by atoms with Gasteiger partial charge in [0.15, 0.2) is 16.7 Å². The molecule has 26 heavy (non-hydrogen) atoms. The lowest BCUT2D eigenvalue weighted by Gasteiger charge is -2.35. The average Bonchev–Trinajstić information content (AvgIpc) is 2.96. The zero-order valence-electron chi connectivity index (χ0n) is 15.5. The van der Waals surface area contributed by atoms with Gasteiger partial charge in [-0.05, 0) is 56.3 Å². The van der Waals surface area contributed by atoms with Crippen molar-refractivity contribution in [2.75, 3.05) is 26.8 Å². The number of carbonyl (C=O) groups excluding carboxylic acids is 1. The lowest BCUT2D eigenvalue weighted by molar-refractivity contribution is -0.113. The van der Waals surface area contributed by atoms with Crippen LogP contribution in [-0.2, 0) is 9.53 Å². The second-order valence-corrected chi connectivity index (χ2v) is 7.32. The highest BCUT2D eigenvalue weighted by Crippen LogP contribution is 2.34. The number of thioether (sulfide) groups is 1. The fraction of sp³-hybridized carbons (Fsp3) is 0.474. The molecule has 0 aliphatic carbocycles. The summed E-state index contributed by atoms with van der Waals surface area (Å²) in [6.07, 6.45) is 2.09. The fourth-order valence-electron chi connectivity index (χ4n) is 3.07. The monoisotopic (exact) mass is 376 g/mol. The summed E-state index contributed by atoms with van der Waals surface area (Å²) in [5.41, 5.74) is 0.876. The summed E-state index contributed by atoms with van der Waals surface area (Å²) in [5.74, 6) is 1.13. The minimum absolute atomic E-state index is 0.126. The van der Waals surface area contributed by atoms with Gasteiger partial charge in [-0.15, -0.1) is 0 Å². The van der Waals surface area contributed by atoms with Gasteiger partial charge in [0, 0.05) is 13.1 Å². The normalized spacial score (nSPS) is 24.8. The first kappa shape index (κ1) is 18.8.